The Labute approximate surface area is 115 Å². The van der Waals surface area contributed by atoms with Gasteiger partial charge >= 0.3 is 0 Å². The van der Waals surface area contributed by atoms with Crippen LogP contribution in [0.25, 0.3) is 0 Å². The highest BCUT2D eigenvalue weighted by Crippen LogP contribution is 2.19. The zero-order chi connectivity index (χ0) is 14.0. The number of anilines is 1. The molecule has 5 nitrogen and oxygen atoms in total. The summed E-state index contributed by atoms with van der Waals surface area (Å²) in [5.41, 5.74) is 2.73. The smallest absolute Gasteiger partial charge is 0.238 e. The Morgan fingerprint density at radius 1 is 1.42 bits per heavy atom. The van der Waals surface area contributed by atoms with Gasteiger partial charge in [-0.3, -0.25) is 14.4 Å². The molecule has 0 radical (unpaired) electrons. The van der Waals surface area contributed by atoms with Crippen LogP contribution >= 0.6 is 0 Å². The van der Waals surface area contributed by atoms with E-state index in [4.69, 9.17) is 0 Å². The van der Waals surface area contributed by atoms with Crippen LogP contribution in [-0.4, -0.2) is 39.7 Å². The summed E-state index contributed by atoms with van der Waals surface area (Å²) in [6.45, 7) is 7.60. The zero-order valence-electron chi connectivity index (χ0n) is 12.4. The fraction of sp³-hybridized carbons (Fsp3) is 0.714. The molecule has 0 bridgehead atoms. The van der Waals surface area contributed by atoms with Crippen LogP contribution in [0, 0.1) is 13.8 Å². The zero-order valence-corrected chi connectivity index (χ0v) is 12.4. The van der Waals surface area contributed by atoms with E-state index in [1.165, 1.54) is 19.3 Å². The van der Waals surface area contributed by atoms with Gasteiger partial charge < -0.3 is 5.32 Å². The number of amides is 1. The van der Waals surface area contributed by atoms with Crippen LogP contribution < -0.4 is 5.32 Å². The van der Waals surface area contributed by atoms with Crippen LogP contribution in [0.3, 0.4) is 0 Å². The van der Waals surface area contributed by atoms with Crippen LogP contribution in [0.2, 0.25) is 0 Å². The minimum atomic E-state index is 0.0629. The number of piperidine rings is 1. The lowest BCUT2D eigenvalue weighted by atomic mass is 10.0. The molecular formula is C14H24N4O. The molecule has 19 heavy (non-hydrogen) atoms. The number of likely N-dealkylation sites (tertiary alicyclic amines) is 1. The van der Waals surface area contributed by atoms with Gasteiger partial charge in [-0.25, -0.2) is 0 Å². The number of nitrogens with zero attached hydrogens (tertiary/aromatic N) is 3. The van der Waals surface area contributed by atoms with Crippen LogP contribution in [0.15, 0.2) is 0 Å². The molecule has 1 aromatic heterocycles. The first-order chi connectivity index (χ1) is 8.99. The highest BCUT2D eigenvalue weighted by Gasteiger charge is 2.21. The lowest BCUT2D eigenvalue weighted by molar-refractivity contribution is -0.118. The highest BCUT2D eigenvalue weighted by molar-refractivity contribution is 5.93. The van der Waals surface area contributed by atoms with E-state index in [-0.39, 0.29) is 5.91 Å². The number of carbonyl (C=O) groups is 1. The van der Waals surface area contributed by atoms with Crippen molar-refractivity contribution in [3.63, 3.8) is 0 Å². The second-order valence-electron chi connectivity index (χ2n) is 5.53. The molecule has 0 aromatic carbocycles. The summed E-state index contributed by atoms with van der Waals surface area (Å²) < 4.78 is 1.80. The van der Waals surface area contributed by atoms with Crippen LogP contribution in [-0.2, 0) is 11.8 Å². The molecule has 2 rings (SSSR count). The second-order valence-corrected chi connectivity index (χ2v) is 5.53. The predicted octanol–water partition coefficient (Wildman–Crippen LogP) is 1.85. The topological polar surface area (TPSA) is 50.2 Å². The van der Waals surface area contributed by atoms with Gasteiger partial charge in [0.2, 0.25) is 5.91 Å². The Bertz CT molecular complexity index is 466. The quantitative estimate of drug-likeness (QED) is 0.906. The third kappa shape index (κ3) is 3.15. The summed E-state index contributed by atoms with van der Waals surface area (Å²) >= 11 is 0. The summed E-state index contributed by atoms with van der Waals surface area (Å²) in [6.07, 6.45) is 3.67. The van der Waals surface area contributed by atoms with Crippen molar-refractivity contribution in [1.29, 1.82) is 0 Å². The number of aryl methyl sites for hydroxylation is 2. The molecule has 1 aliphatic rings. The maximum Gasteiger partial charge on any atom is 0.238 e. The molecule has 1 saturated heterocycles. The normalized spacial score (nSPS) is 20.5. The van der Waals surface area contributed by atoms with Crippen molar-refractivity contribution in [2.45, 2.75) is 46.1 Å². The minimum absolute atomic E-state index is 0.0629. The number of hydrogen-bond donors (Lipinski definition) is 1. The molecule has 1 fully saturated rings. The highest BCUT2D eigenvalue weighted by atomic mass is 16.2. The van der Waals surface area contributed by atoms with E-state index >= 15 is 0 Å². The Balaban J connectivity index is 1.97. The van der Waals surface area contributed by atoms with E-state index in [2.05, 4.69) is 22.2 Å². The van der Waals surface area contributed by atoms with Crippen molar-refractivity contribution in [2.24, 2.45) is 7.05 Å². The first-order valence-corrected chi connectivity index (χ1v) is 7.03. The van der Waals surface area contributed by atoms with Crippen LogP contribution in [0.1, 0.15) is 37.6 Å². The van der Waals surface area contributed by atoms with Gasteiger partial charge in [-0.2, -0.15) is 5.10 Å². The van der Waals surface area contributed by atoms with E-state index in [0.29, 0.717) is 12.6 Å². The second kappa shape index (κ2) is 5.74. The number of hydrogen-bond acceptors (Lipinski definition) is 3. The monoisotopic (exact) mass is 264 g/mol. The third-order valence-corrected chi connectivity index (χ3v) is 4.06. The fourth-order valence-electron chi connectivity index (χ4n) is 2.71. The number of nitrogens with one attached hydrogen (secondary N) is 1. The van der Waals surface area contributed by atoms with Gasteiger partial charge in [0.15, 0.2) is 0 Å². The molecule has 2 heterocycles. The average Bonchev–Trinajstić information content (AvgIpc) is 2.59. The standard InChI is InChI=1S/C14H24N4O/c1-10-7-5-6-8-18(10)9-13(19)15-14-11(2)16-17(4)12(14)3/h10H,5-9H2,1-4H3,(H,15,19)/t10-/m1/s1. The SMILES string of the molecule is Cc1nn(C)c(C)c1NC(=O)CN1CCCC[C@H]1C. The van der Waals surface area contributed by atoms with Gasteiger partial charge in [0.1, 0.15) is 0 Å². The van der Waals surface area contributed by atoms with Crippen LogP contribution in [0.5, 0.6) is 0 Å². The van der Waals surface area contributed by atoms with E-state index in [1.54, 1.807) is 4.68 Å². The maximum atomic E-state index is 12.2. The average molecular weight is 264 g/mol. The number of rotatable bonds is 3. The van der Waals surface area contributed by atoms with Gasteiger partial charge in [-0.1, -0.05) is 6.42 Å². The van der Waals surface area contributed by atoms with Crippen molar-refractivity contribution in [3.8, 4) is 0 Å². The minimum Gasteiger partial charge on any atom is -0.322 e. The van der Waals surface area contributed by atoms with Gasteiger partial charge in [-0.15, -0.1) is 0 Å². The lowest BCUT2D eigenvalue weighted by Crippen LogP contribution is -2.42. The molecular weight excluding hydrogens is 240 g/mol. The summed E-state index contributed by atoms with van der Waals surface area (Å²) in [5.74, 6) is 0.0629. The molecule has 1 aliphatic heterocycles. The number of carbonyl (C=O) groups excluding carboxylic acids is 1. The van der Waals surface area contributed by atoms with Gasteiger partial charge in [0.25, 0.3) is 0 Å². The first kappa shape index (κ1) is 14.1. The van der Waals surface area contributed by atoms with Crippen molar-refractivity contribution < 1.29 is 4.79 Å². The molecule has 0 unspecified atom stereocenters. The largest absolute Gasteiger partial charge is 0.322 e. The lowest BCUT2D eigenvalue weighted by Gasteiger charge is -2.32. The Hall–Kier alpha value is -1.36. The molecule has 1 amide bonds. The van der Waals surface area contributed by atoms with E-state index in [0.717, 1.165) is 23.6 Å². The van der Waals surface area contributed by atoms with E-state index in [1.807, 2.05) is 20.9 Å². The summed E-state index contributed by atoms with van der Waals surface area (Å²) in [7, 11) is 1.89. The van der Waals surface area contributed by atoms with Gasteiger partial charge in [0, 0.05) is 13.1 Å². The van der Waals surface area contributed by atoms with Gasteiger partial charge in [-0.05, 0) is 40.2 Å². The summed E-state index contributed by atoms with van der Waals surface area (Å²) in [5, 5.41) is 7.32. The van der Waals surface area contributed by atoms with E-state index in [9.17, 15) is 4.79 Å². The fourth-order valence-corrected chi connectivity index (χ4v) is 2.71. The molecule has 1 aromatic rings. The maximum absolute atomic E-state index is 12.2. The Kier molecular flexibility index (Phi) is 4.24. The van der Waals surface area contributed by atoms with Crippen molar-refractivity contribution in [1.82, 2.24) is 14.7 Å². The van der Waals surface area contributed by atoms with Gasteiger partial charge in [0.05, 0.1) is 23.6 Å². The Morgan fingerprint density at radius 2 is 2.16 bits per heavy atom. The van der Waals surface area contributed by atoms with Crippen molar-refractivity contribution in [3.05, 3.63) is 11.4 Å². The molecule has 5 heteroatoms. The summed E-state index contributed by atoms with van der Waals surface area (Å²) in [6, 6.07) is 0.510. The summed E-state index contributed by atoms with van der Waals surface area (Å²) in [4.78, 5) is 14.4. The molecule has 0 spiro atoms. The molecule has 1 N–H and O–H groups in total. The number of aromatic nitrogens is 2. The molecule has 1 atom stereocenters. The third-order valence-electron chi connectivity index (χ3n) is 4.06. The Morgan fingerprint density at radius 3 is 2.74 bits per heavy atom. The van der Waals surface area contributed by atoms with Crippen molar-refractivity contribution in [2.75, 3.05) is 18.4 Å². The predicted molar refractivity (Wildman–Crippen MR) is 76.2 cm³/mol. The molecule has 106 valence electrons. The first-order valence-electron chi connectivity index (χ1n) is 7.03. The van der Waals surface area contributed by atoms with E-state index < -0.39 is 0 Å². The molecule has 0 saturated carbocycles. The van der Waals surface area contributed by atoms with Crippen LogP contribution in [0.4, 0.5) is 5.69 Å². The van der Waals surface area contributed by atoms with Crippen molar-refractivity contribution >= 4 is 11.6 Å². The molecule has 0 aliphatic carbocycles.